The molecule has 0 bridgehead atoms. The molecule has 0 aliphatic heterocycles. The second-order valence-corrected chi connectivity index (χ2v) is 4.95. The van der Waals surface area contributed by atoms with Crippen molar-refractivity contribution in [3.05, 3.63) is 70.0 Å². The Morgan fingerprint density at radius 3 is 2.52 bits per heavy atom. The quantitative estimate of drug-likeness (QED) is 0.436. The van der Waals surface area contributed by atoms with Gasteiger partial charge in [-0.3, -0.25) is 10.1 Å². The molecule has 2 aromatic rings. The molecule has 0 aliphatic rings. The van der Waals surface area contributed by atoms with Gasteiger partial charge in [-0.25, -0.2) is 4.39 Å². The minimum absolute atomic E-state index is 0.00618. The van der Waals surface area contributed by atoms with Crippen molar-refractivity contribution in [3.8, 4) is 11.8 Å². The van der Waals surface area contributed by atoms with Crippen molar-refractivity contribution >= 4 is 5.69 Å². The second-order valence-electron chi connectivity index (χ2n) is 4.95. The van der Waals surface area contributed by atoms with E-state index in [1.165, 1.54) is 18.2 Å². The SMILES string of the molecule is N#CC(CCCOc1ccccc1F)c1ccc([N+](=O)[O-])cc1. The molecule has 0 heterocycles. The molecule has 23 heavy (non-hydrogen) atoms. The Hall–Kier alpha value is -2.94. The van der Waals surface area contributed by atoms with Crippen molar-refractivity contribution in [2.24, 2.45) is 0 Å². The number of ether oxygens (including phenoxy) is 1. The van der Waals surface area contributed by atoms with E-state index in [0.29, 0.717) is 19.4 Å². The number of nitrogens with zero attached hydrogens (tertiary/aromatic N) is 2. The number of benzene rings is 2. The van der Waals surface area contributed by atoms with Crippen LogP contribution < -0.4 is 4.74 Å². The number of nitriles is 1. The van der Waals surface area contributed by atoms with Crippen molar-refractivity contribution in [3.63, 3.8) is 0 Å². The lowest BCUT2D eigenvalue weighted by molar-refractivity contribution is -0.384. The molecule has 0 fully saturated rings. The zero-order valence-corrected chi connectivity index (χ0v) is 12.3. The van der Waals surface area contributed by atoms with Crippen LogP contribution in [-0.4, -0.2) is 11.5 Å². The highest BCUT2D eigenvalue weighted by atomic mass is 19.1. The maximum atomic E-state index is 13.4. The summed E-state index contributed by atoms with van der Waals surface area (Å²) in [6, 6.07) is 14.3. The molecule has 2 aromatic carbocycles. The Kier molecular flexibility index (Phi) is 5.64. The van der Waals surface area contributed by atoms with Gasteiger partial charge in [-0.15, -0.1) is 0 Å². The number of para-hydroxylation sites is 1. The van der Waals surface area contributed by atoms with E-state index in [2.05, 4.69) is 6.07 Å². The van der Waals surface area contributed by atoms with Crippen molar-refractivity contribution in [2.45, 2.75) is 18.8 Å². The lowest BCUT2D eigenvalue weighted by Crippen LogP contribution is -2.03. The number of halogens is 1. The van der Waals surface area contributed by atoms with Gasteiger partial charge in [0.1, 0.15) is 0 Å². The minimum Gasteiger partial charge on any atom is -0.491 e. The predicted molar refractivity (Wildman–Crippen MR) is 82.6 cm³/mol. The third-order valence-electron chi connectivity index (χ3n) is 3.39. The monoisotopic (exact) mass is 314 g/mol. The first-order valence-electron chi connectivity index (χ1n) is 7.13. The van der Waals surface area contributed by atoms with Gasteiger partial charge in [0.15, 0.2) is 11.6 Å². The van der Waals surface area contributed by atoms with Gasteiger partial charge < -0.3 is 4.74 Å². The van der Waals surface area contributed by atoms with E-state index in [9.17, 15) is 19.8 Å². The molecule has 6 heteroatoms. The Labute approximate surface area is 133 Å². The van der Waals surface area contributed by atoms with E-state index in [1.54, 1.807) is 30.3 Å². The molecular formula is C17H15FN2O3. The maximum absolute atomic E-state index is 13.4. The van der Waals surface area contributed by atoms with Crippen LogP contribution in [-0.2, 0) is 0 Å². The third-order valence-corrected chi connectivity index (χ3v) is 3.39. The molecule has 0 amide bonds. The van der Waals surface area contributed by atoms with E-state index in [1.807, 2.05) is 0 Å². The van der Waals surface area contributed by atoms with Crippen molar-refractivity contribution < 1.29 is 14.1 Å². The Morgan fingerprint density at radius 2 is 1.91 bits per heavy atom. The van der Waals surface area contributed by atoms with E-state index >= 15 is 0 Å². The summed E-state index contributed by atoms with van der Waals surface area (Å²) in [5, 5.41) is 19.9. The standard InChI is InChI=1S/C17H15FN2O3/c18-16-5-1-2-6-17(16)23-11-3-4-14(12-19)13-7-9-15(10-8-13)20(21)22/h1-2,5-10,14H,3-4,11H2. The molecule has 0 saturated carbocycles. The number of nitro groups is 1. The van der Waals surface area contributed by atoms with E-state index in [0.717, 1.165) is 5.56 Å². The lowest BCUT2D eigenvalue weighted by atomic mass is 9.96. The van der Waals surface area contributed by atoms with Crippen molar-refractivity contribution in [1.82, 2.24) is 0 Å². The van der Waals surface area contributed by atoms with Gasteiger partial charge in [-0.2, -0.15) is 5.26 Å². The summed E-state index contributed by atoms with van der Waals surface area (Å²) in [6.07, 6.45) is 1.10. The lowest BCUT2D eigenvalue weighted by Gasteiger charge is -2.10. The van der Waals surface area contributed by atoms with Gasteiger partial charge >= 0.3 is 0 Å². The average molecular weight is 314 g/mol. The number of hydrogen-bond donors (Lipinski definition) is 0. The summed E-state index contributed by atoms with van der Waals surface area (Å²) in [6.45, 7) is 0.298. The van der Waals surface area contributed by atoms with E-state index in [-0.39, 0.29) is 17.4 Å². The molecule has 2 rings (SSSR count). The molecule has 1 unspecified atom stereocenters. The summed E-state index contributed by atoms with van der Waals surface area (Å²) >= 11 is 0. The summed E-state index contributed by atoms with van der Waals surface area (Å²) in [5.74, 6) is -0.601. The number of hydrogen-bond acceptors (Lipinski definition) is 4. The van der Waals surface area contributed by atoms with Gasteiger partial charge in [0.2, 0.25) is 0 Å². The fraction of sp³-hybridized carbons (Fsp3) is 0.235. The number of rotatable bonds is 7. The van der Waals surface area contributed by atoms with Crippen LogP contribution in [0.3, 0.4) is 0 Å². The van der Waals surface area contributed by atoms with E-state index in [4.69, 9.17) is 4.74 Å². The molecular weight excluding hydrogens is 299 g/mol. The van der Waals surface area contributed by atoms with Crippen LogP contribution in [0.15, 0.2) is 48.5 Å². The maximum Gasteiger partial charge on any atom is 0.269 e. The highest BCUT2D eigenvalue weighted by Gasteiger charge is 2.13. The summed E-state index contributed by atoms with van der Waals surface area (Å²) in [4.78, 5) is 10.1. The van der Waals surface area contributed by atoms with Crippen LogP contribution in [0.5, 0.6) is 5.75 Å². The topological polar surface area (TPSA) is 76.2 Å². The molecule has 0 aromatic heterocycles. The Morgan fingerprint density at radius 1 is 1.22 bits per heavy atom. The predicted octanol–water partition coefficient (Wildman–Crippen LogP) is 4.20. The van der Waals surface area contributed by atoms with Gasteiger partial charge in [0.05, 0.1) is 23.5 Å². The molecule has 0 radical (unpaired) electrons. The number of nitro benzene ring substituents is 1. The van der Waals surface area contributed by atoms with Gasteiger partial charge in [0, 0.05) is 12.1 Å². The molecule has 0 spiro atoms. The van der Waals surface area contributed by atoms with Crippen LogP contribution in [0.4, 0.5) is 10.1 Å². The Balaban J connectivity index is 1.87. The number of non-ortho nitro benzene ring substituents is 1. The molecule has 0 N–H and O–H groups in total. The fourth-order valence-corrected chi connectivity index (χ4v) is 2.17. The molecule has 0 aliphatic carbocycles. The summed E-state index contributed by atoms with van der Waals surface area (Å²) < 4.78 is 18.7. The van der Waals surface area contributed by atoms with Gasteiger partial charge in [0.25, 0.3) is 5.69 Å². The van der Waals surface area contributed by atoms with E-state index < -0.39 is 10.7 Å². The second kappa shape index (κ2) is 7.90. The fourth-order valence-electron chi connectivity index (χ4n) is 2.17. The highest BCUT2D eigenvalue weighted by molar-refractivity contribution is 5.36. The van der Waals surface area contributed by atoms with Crippen LogP contribution in [0, 0.1) is 27.3 Å². The minimum atomic E-state index is -0.479. The third kappa shape index (κ3) is 4.51. The van der Waals surface area contributed by atoms with Crippen LogP contribution in [0.25, 0.3) is 0 Å². The van der Waals surface area contributed by atoms with Gasteiger partial charge in [-0.05, 0) is 30.5 Å². The largest absolute Gasteiger partial charge is 0.491 e. The molecule has 0 saturated heterocycles. The zero-order chi connectivity index (χ0) is 16.7. The summed E-state index contributed by atoms with van der Waals surface area (Å²) in [5.41, 5.74) is 0.720. The molecule has 5 nitrogen and oxygen atoms in total. The average Bonchev–Trinajstić information content (AvgIpc) is 2.56. The first-order chi connectivity index (χ1) is 11.1. The normalized spacial score (nSPS) is 11.5. The first kappa shape index (κ1) is 16.4. The van der Waals surface area contributed by atoms with Crippen LogP contribution in [0.1, 0.15) is 24.3 Å². The first-order valence-corrected chi connectivity index (χ1v) is 7.13. The zero-order valence-electron chi connectivity index (χ0n) is 12.3. The van der Waals surface area contributed by atoms with Crippen LogP contribution >= 0.6 is 0 Å². The van der Waals surface area contributed by atoms with Crippen molar-refractivity contribution in [2.75, 3.05) is 6.61 Å². The summed E-state index contributed by atoms with van der Waals surface area (Å²) in [7, 11) is 0. The molecule has 1 atom stereocenters. The Bertz CT molecular complexity index is 711. The molecule has 118 valence electrons. The van der Waals surface area contributed by atoms with Gasteiger partial charge in [-0.1, -0.05) is 24.3 Å². The highest BCUT2D eigenvalue weighted by Crippen LogP contribution is 2.23. The van der Waals surface area contributed by atoms with Crippen molar-refractivity contribution in [1.29, 1.82) is 5.26 Å². The smallest absolute Gasteiger partial charge is 0.269 e. The van der Waals surface area contributed by atoms with Crippen LogP contribution in [0.2, 0.25) is 0 Å².